The molecule has 0 heterocycles. The second-order valence-electron chi connectivity index (χ2n) is 7.23. The molecule has 3 heteroatoms. The van der Waals surface area contributed by atoms with Crippen molar-refractivity contribution in [3.05, 3.63) is 83.6 Å². The third-order valence-electron chi connectivity index (χ3n) is 4.33. The van der Waals surface area contributed by atoms with Crippen molar-refractivity contribution in [3.63, 3.8) is 0 Å². The average molecular weight is 338 g/mol. The molecular formula is C22H26O3. The molecule has 3 nitrogen and oxygen atoms in total. The van der Waals surface area contributed by atoms with Crippen molar-refractivity contribution in [1.82, 2.24) is 0 Å². The van der Waals surface area contributed by atoms with Gasteiger partial charge in [0, 0.05) is 12.0 Å². The summed E-state index contributed by atoms with van der Waals surface area (Å²) in [5, 5.41) is 11.5. The van der Waals surface area contributed by atoms with E-state index in [4.69, 9.17) is 4.74 Å². The Kier molecular flexibility index (Phi) is 5.81. The zero-order valence-electron chi connectivity index (χ0n) is 15.3. The molecule has 0 aliphatic rings. The highest BCUT2D eigenvalue weighted by atomic mass is 16.5. The number of ketones is 1. The zero-order valence-corrected chi connectivity index (χ0v) is 15.3. The molecule has 132 valence electrons. The molecule has 2 aromatic rings. The van der Waals surface area contributed by atoms with Crippen LogP contribution in [0.25, 0.3) is 0 Å². The minimum absolute atomic E-state index is 0.169. The first-order valence-corrected chi connectivity index (χ1v) is 8.39. The molecule has 0 radical (unpaired) electrons. The van der Waals surface area contributed by atoms with Gasteiger partial charge in [-0.1, -0.05) is 81.4 Å². The van der Waals surface area contributed by atoms with Crippen LogP contribution in [0.5, 0.6) is 0 Å². The lowest BCUT2D eigenvalue weighted by Crippen LogP contribution is -2.38. The fourth-order valence-corrected chi connectivity index (χ4v) is 2.76. The molecule has 0 fully saturated rings. The van der Waals surface area contributed by atoms with Crippen LogP contribution in [0.15, 0.2) is 72.5 Å². The number of hydrogen-bond acceptors (Lipinski definition) is 3. The van der Waals surface area contributed by atoms with Crippen molar-refractivity contribution in [2.75, 3.05) is 7.11 Å². The molecule has 0 aromatic heterocycles. The van der Waals surface area contributed by atoms with E-state index in [1.54, 1.807) is 49.8 Å². The summed E-state index contributed by atoms with van der Waals surface area (Å²) in [7, 11) is 1.58. The molecule has 0 saturated heterocycles. The lowest BCUT2D eigenvalue weighted by Gasteiger charge is -2.33. The number of carbonyl (C=O) groups is 1. The van der Waals surface area contributed by atoms with E-state index in [1.165, 1.54) is 0 Å². The molecule has 1 N–H and O–H groups in total. The van der Waals surface area contributed by atoms with Gasteiger partial charge >= 0.3 is 0 Å². The normalized spacial score (nSPS) is 14.7. The highest BCUT2D eigenvalue weighted by Crippen LogP contribution is 2.38. The van der Waals surface area contributed by atoms with E-state index in [0.29, 0.717) is 11.1 Å². The van der Waals surface area contributed by atoms with E-state index in [1.807, 2.05) is 45.0 Å². The Morgan fingerprint density at radius 3 is 2.00 bits per heavy atom. The van der Waals surface area contributed by atoms with E-state index < -0.39 is 5.60 Å². The summed E-state index contributed by atoms with van der Waals surface area (Å²) in [6, 6.07) is 18.0. The Morgan fingerprint density at radius 2 is 1.52 bits per heavy atom. The molecule has 1 unspecified atom stereocenters. The van der Waals surface area contributed by atoms with E-state index in [9.17, 15) is 9.90 Å². The number of Topliss-reactive ketones (excluding diaryl/α,β-unsaturated/α-hetero) is 1. The van der Waals surface area contributed by atoms with Crippen LogP contribution in [0.1, 0.15) is 43.1 Å². The van der Waals surface area contributed by atoms with Gasteiger partial charge in [-0.05, 0) is 16.6 Å². The van der Waals surface area contributed by atoms with Crippen LogP contribution >= 0.6 is 0 Å². The molecule has 0 bridgehead atoms. The summed E-state index contributed by atoms with van der Waals surface area (Å²) in [5.41, 5.74) is 0.0379. The summed E-state index contributed by atoms with van der Waals surface area (Å²) < 4.78 is 5.21. The van der Waals surface area contributed by atoms with Crippen LogP contribution in [0.2, 0.25) is 0 Å². The zero-order chi connectivity index (χ0) is 18.5. The quantitative estimate of drug-likeness (QED) is 0.612. The van der Waals surface area contributed by atoms with Gasteiger partial charge in [0.2, 0.25) is 0 Å². The van der Waals surface area contributed by atoms with Crippen LogP contribution in [-0.4, -0.2) is 18.0 Å². The van der Waals surface area contributed by atoms with Crippen molar-refractivity contribution < 1.29 is 14.6 Å². The van der Waals surface area contributed by atoms with Gasteiger partial charge < -0.3 is 9.84 Å². The second kappa shape index (κ2) is 7.66. The number of methoxy groups -OCH3 is 1. The minimum Gasteiger partial charge on any atom is -0.504 e. The summed E-state index contributed by atoms with van der Waals surface area (Å²) in [5.74, 6) is -0.314. The lowest BCUT2D eigenvalue weighted by molar-refractivity contribution is 0.0273. The molecular weight excluding hydrogens is 312 g/mol. The Labute approximate surface area is 150 Å². The van der Waals surface area contributed by atoms with Crippen molar-refractivity contribution in [2.45, 2.75) is 32.8 Å². The number of hydrogen-bond donors (Lipinski definition) is 1. The average Bonchev–Trinajstić information content (AvgIpc) is 2.61. The predicted octanol–water partition coefficient (Wildman–Crippen LogP) is 4.72. The fourth-order valence-electron chi connectivity index (χ4n) is 2.76. The number of benzene rings is 2. The van der Waals surface area contributed by atoms with Crippen LogP contribution < -0.4 is 0 Å². The molecule has 0 spiro atoms. The van der Waals surface area contributed by atoms with Gasteiger partial charge in [-0.2, -0.15) is 0 Å². The predicted molar refractivity (Wildman–Crippen MR) is 100 cm³/mol. The van der Waals surface area contributed by atoms with E-state index in [2.05, 4.69) is 0 Å². The summed E-state index contributed by atoms with van der Waals surface area (Å²) >= 11 is 0. The number of rotatable bonds is 6. The largest absolute Gasteiger partial charge is 0.504 e. The van der Waals surface area contributed by atoms with E-state index >= 15 is 0 Å². The van der Waals surface area contributed by atoms with Crippen molar-refractivity contribution >= 4 is 5.78 Å². The minimum atomic E-state index is -1.65. The number of aliphatic hydroxyl groups is 1. The third kappa shape index (κ3) is 4.37. The Bertz CT molecular complexity index is 727. The second-order valence-corrected chi connectivity index (χ2v) is 7.23. The highest BCUT2D eigenvalue weighted by Gasteiger charge is 2.41. The molecule has 0 saturated carbocycles. The first-order valence-electron chi connectivity index (χ1n) is 8.39. The van der Waals surface area contributed by atoms with Crippen LogP contribution in [-0.2, 0) is 10.3 Å². The van der Waals surface area contributed by atoms with Gasteiger partial charge in [0.15, 0.2) is 11.4 Å². The standard InChI is InChI=1S/C22H26O3/c1-21(2,3)19(16-25-4)15-22(24,18-13-9-6-10-14-18)20(23)17-11-7-5-8-12-17/h5-14,16,24H,15H2,1-4H3/b19-16+. The van der Waals surface area contributed by atoms with Crippen LogP contribution in [0.4, 0.5) is 0 Å². The first kappa shape index (κ1) is 18.9. The Balaban J connectivity index is 2.54. The molecule has 0 aliphatic heterocycles. The molecule has 0 aliphatic carbocycles. The molecule has 25 heavy (non-hydrogen) atoms. The maximum atomic E-state index is 13.2. The maximum absolute atomic E-state index is 13.2. The Morgan fingerprint density at radius 1 is 1.00 bits per heavy atom. The SMILES string of the molecule is CO/C=C(\CC(O)(C(=O)c1ccccc1)c1ccccc1)C(C)(C)C. The molecule has 2 aromatic carbocycles. The highest BCUT2D eigenvalue weighted by molar-refractivity contribution is 6.03. The van der Waals surface area contributed by atoms with Gasteiger partial charge in [-0.3, -0.25) is 4.79 Å². The summed E-state index contributed by atoms with van der Waals surface area (Å²) in [6.45, 7) is 6.11. The van der Waals surface area contributed by atoms with Gasteiger partial charge in [0.1, 0.15) is 0 Å². The van der Waals surface area contributed by atoms with Crippen molar-refractivity contribution in [2.24, 2.45) is 5.41 Å². The third-order valence-corrected chi connectivity index (χ3v) is 4.33. The van der Waals surface area contributed by atoms with E-state index in [-0.39, 0.29) is 17.6 Å². The van der Waals surface area contributed by atoms with E-state index in [0.717, 1.165) is 5.57 Å². The number of carbonyl (C=O) groups excluding carboxylic acids is 1. The topological polar surface area (TPSA) is 46.5 Å². The smallest absolute Gasteiger partial charge is 0.199 e. The maximum Gasteiger partial charge on any atom is 0.199 e. The van der Waals surface area contributed by atoms with Crippen molar-refractivity contribution in [1.29, 1.82) is 0 Å². The van der Waals surface area contributed by atoms with Gasteiger partial charge in [0.25, 0.3) is 0 Å². The summed E-state index contributed by atoms with van der Waals surface area (Å²) in [4.78, 5) is 13.2. The van der Waals surface area contributed by atoms with Gasteiger partial charge in [-0.15, -0.1) is 0 Å². The van der Waals surface area contributed by atoms with Crippen molar-refractivity contribution in [3.8, 4) is 0 Å². The first-order chi connectivity index (χ1) is 11.8. The summed E-state index contributed by atoms with van der Waals surface area (Å²) in [6.07, 6.45) is 1.80. The lowest BCUT2D eigenvalue weighted by atomic mass is 9.75. The van der Waals surface area contributed by atoms with Gasteiger partial charge in [0.05, 0.1) is 13.4 Å². The fraction of sp³-hybridized carbons (Fsp3) is 0.318. The van der Waals surface area contributed by atoms with Crippen LogP contribution in [0.3, 0.4) is 0 Å². The molecule has 0 amide bonds. The van der Waals surface area contributed by atoms with Gasteiger partial charge in [-0.25, -0.2) is 0 Å². The Hall–Kier alpha value is -2.39. The molecule has 1 atom stereocenters. The van der Waals surface area contributed by atoms with Crippen LogP contribution in [0, 0.1) is 5.41 Å². The molecule has 2 rings (SSSR count). The monoisotopic (exact) mass is 338 g/mol. The number of ether oxygens (including phenoxy) is 1.